The molecule has 0 unspecified atom stereocenters. The van der Waals surface area contributed by atoms with Gasteiger partial charge in [-0.15, -0.1) is 0 Å². The molecule has 1 aliphatic rings. The average molecular weight is 247 g/mol. The Morgan fingerprint density at radius 3 is 2.78 bits per heavy atom. The number of benzene rings is 1. The number of carbonyl (C=O) groups excluding carboxylic acids is 1. The number of hydrogen-bond donors (Lipinski definition) is 2. The molecule has 1 amide bonds. The normalized spacial score (nSPS) is 15.6. The van der Waals surface area contributed by atoms with E-state index in [-0.39, 0.29) is 5.91 Å². The highest BCUT2D eigenvalue weighted by atomic mass is 16.2. The number of rotatable bonds is 5. The number of piperazine rings is 1. The Labute approximate surface area is 108 Å². The molecule has 0 radical (unpaired) electrons. The molecule has 0 saturated carbocycles. The van der Waals surface area contributed by atoms with Crippen molar-refractivity contribution in [1.82, 2.24) is 10.6 Å². The van der Waals surface area contributed by atoms with E-state index in [0.717, 1.165) is 38.3 Å². The summed E-state index contributed by atoms with van der Waals surface area (Å²) in [5.41, 5.74) is 2.41. The minimum absolute atomic E-state index is 0.106. The molecule has 1 aromatic rings. The summed E-state index contributed by atoms with van der Waals surface area (Å²) < 4.78 is 0. The fourth-order valence-electron chi connectivity index (χ4n) is 2.09. The molecule has 1 aromatic carbocycles. The number of nitrogens with zero attached hydrogens (tertiary/aromatic N) is 1. The zero-order valence-electron chi connectivity index (χ0n) is 10.9. The molecule has 1 saturated heterocycles. The van der Waals surface area contributed by atoms with Crippen molar-refractivity contribution in [3.8, 4) is 0 Å². The fraction of sp³-hybridized carbons (Fsp3) is 0.500. The molecule has 18 heavy (non-hydrogen) atoms. The summed E-state index contributed by atoms with van der Waals surface area (Å²) in [6.07, 6.45) is 1.15. The topological polar surface area (TPSA) is 44.4 Å². The van der Waals surface area contributed by atoms with E-state index in [9.17, 15) is 4.79 Å². The zero-order valence-corrected chi connectivity index (χ0v) is 10.9. The van der Waals surface area contributed by atoms with Gasteiger partial charge in [0, 0.05) is 25.3 Å². The monoisotopic (exact) mass is 247 g/mol. The molecule has 4 nitrogen and oxygen atoms in total. The van der Waals surface area contributed by atoms with Crippen LogP contribution >= 0.6 is 0 Å². The summed E-state index contributed by atoms with van der Waals surface area (Å²) in [5, 5.41) is 6.22. The average Bonchev–Trinajstić information content (AvgIpc) is 2.40. The summed E-state index contributed by atoms with van der Waals surface area (Å²) in [6, 6.07) is 8.46. The molecule has 1 heterocycles. The predicted molar refractivity (Wildman–Crippen MR) is 73.7 cm³/mol. The number of nitrogens with one attached hydrogen (secondary N) is 2. The first-order valence-electron chi connectivity index (χ1n) is 6.61. The van der Waals surface area contributed by atoms with E-state index in [1.807, 2.05) is 0 Å². The molecule has 4 heteroatoms. The quantitative estimate of drug-likeness (QED) is 0.766. The molecule has 0 spiro atoms. The summed E-state index contributed by atoms with van der Waals surface area (Å²) in [4.78, 5) is 13.4. The third kappa shape index (κ3) is 3.47. The van der Waals surface area contributed by atoms with Gasteiger partial charge in [0.1, 0.15) is 0 Å². The third-order valence-corrected chi connectivity index (χ3v) is 3.10. The maximum absolute atomic E-state index is 11.3. The lowest BCUT2D eigenvalue weighted by atomic mass is 10.2. The Kier molecular flexibility index (Phi) is 4.59. The molecule has 0 bridgehead atoms. The highest BCUT2D eigenvalue weighted by Gasteiger charge is 2.15. The van der Waals surface area contributed by atoms with Crippen molar-refractivity contribution in [3.63, 3.8) is 0 Å². The first kappa shape index (κ1) is 12.9. The van der Waals surface area contributed by atoms with Gasteiger partial charge < -0.3 is 15.5 Å². The molecule has 98 valence electrons. The van der Waals surface area contributed by atoms with Gasteiger partial charge in [0.05, 0.1) is 6.54 Å². The molecule has 2 N–H and O–H groups in total. The lowest BCUT2D eigenvalue weighted by Crippen LogP contribution is -2.47. The molecule has 1 fully saturated rings. The molecule has 0 aromatic heterocycles. The largest absolute Gasteiger partial charge is 0.360 e. The van der Waals surface area contributed by atoms with Crippen LogP contribution in [0.2, 0.25) is 0 Å². The van der Waals surface area contributed by atoms with Gasteiger partial charge in [0.25, 0.3) is 0 Å². The second-order valence-electron chi connectivity index (χ2n) is 4.61. The van der Waals surface area contributed by atoms with Crippen LogP contribution in [0, 0.1) is 0 Å². The van der Waals surface area contributed by atoms with Crippen LogP contribution in [-0.4, -0.2) is 32.1 Å². The van der Waals surface area contributed by atoms with Gasteiger partial charge in [-0.05, 0) is 30.7 Å². The van der Waals surface area contributed by atoms with E-state index < -0.39 is 0 Å². The third-order valence-electron chi connectivity index (χ3n) is 3.10. The number of anilines is 1. The van der Waals surface area contributed by atoms with Crippen molar-refractivity contribution in [2.45, 2.75) is 19.9 Å². The minimum atomic E-state index is 0.106. The van der Waals surface area contributed by atoms with Crippen molar-refractivity contribution in [1.29, 1.82) is 0 Å². The summed E-state index contributed by atoms with van der Waals surface area (Å²) >= 11 is 0. The summed E-state index contributed by atoms with van der Waals surface area (Å²) in [6.45, 7) is 6.21. The molecular weight excluding hydrogens is 226 g/mol. The molecular formula is C14H21N3O. The van der Waals surface area contributed by atoms with Crippen LogP contribution in [0.4, 0.5) is 5.69 Å². The second kappa shape index (κ2) is 6.40. The first-order valence-corrected chi connectivity index (χ1v) is 6.61. The van der Waals surface area contributed by atoms with E-state index >= 15 is 0 Å². The maximum Gasteiger partial charge on any atom is 0.239 e. The fourth-order valence-corrected chi connectivity index (χ4v) is 2.09. The smallest absolute Gasteiger partial charge is 0.239 e. The number of amides is 1. The van der Waals surface area contributed by atoms with E-state index in [1.54, 1.807) is 0 Å². The Balaban J connectivity index is 1.92. The Bertz CT molecular complexity index is 389. The van der Waals surface area contributed by atoms with Crippen LogP contribution in [0.5, 0.6) is 0 Å². The molecule has 0 aliphatic carbocycles. The van der Waals surface area contributed by atoms with E-state index in [4.69, 9.17) is 0 Å². The van der Waals surface area contributed by atoms with Crippen molar-refractivity contribution in [2.75, 3.05) is 31.1 Å². The Morgan fingerprint density at radius 1 is 1.33 bits per heavy atom. The van der Waals surface area contributed by atoms with E-state index in [2.05, 4.69) is 46.7 Å². The van der Waals surface area contributed by atoms with Crippen molar-refractivity contribution < 1.29 is 4.79 Å². The van der Waals surface area contributed by atoms with Crippen molar-refractivity contribution in [2.24, 2.45) is 0 Å². The highest BCUT2D eigenvalue weighted by Crippen LogP contribution is 2.15. The SMILES string of the molecule is CCCNCc1ccc(N2CCNC(=O)C2)cc1. The van der Waals surface area contributed by atoms with Crippen LogP contribution in [0.25, 0.3) is 0 Å². The number of hydrogen-bond acceptors (Lipinski definition) is 3. The van der Waals surface area contributed by atoms with Gasteiger partial charge in [-0.25, -0.2) is 0 Å². The zero-order chi connectivity index (χ0) is 12.8. The minimum Gasteiger partial charge on any atom is -0.360 e. The summed E-state index contributed by atoms with van der Waals surface area (Å²) in [7, 11) is 0. The van der Waals surface area contributed by atoms with Crippen molar-refractivity contribution >= 4 is 11.6 Å². The van der Waals surface area contributed by atoms with Gasteiger partial charge in [0.2, 0.25) is 5.91 Å². The van der Waals surface area contributed by atoms with Crippen LogP contribution in [0.1, 0.15) is 18.9 Å². The van der Waals surface area contributed by atoms with Crippen molar-refractivity contribution in [3.05, 3.63) is 29.8 Å². The Hall–Kier alpha value is -1.55. The maximum atomic E-state index is 11.3. The van der Waals surface area contributed by atoms with E-state index in [0.29, 0.717) is 6.54 Å². The van der Waals surface area contributed by atoms with Crippen LogP contribution < -0.4 is 15.5 Å². The second-order valence-corrected chi connectivity index (χ2v) is 4.61. The lowest BCUT2D eigenvalue weighted by Gasteiger charge is -2.28. The molecule has 0 atom stereocenters. The first-order chi connectivity index (χ1) is 8.79. The summed E-state index contributed by atoms with van der Waals surface area (Å²) in [5.74, 6) is 0.106. The highest BCUT2D eigenvalue weighted by molar-refractivity contribution is 5.82. The van der Waals surface area contributed by atoms with Crippen LogP contribution in [0.15, 0.2) is 24.3 Å². The van der Waals surface area contributed by atoms with Crippen LogP contribution in [-0.2, 0) is 11.3 Å². The number of carbonyl (C=O) groups is 1. The van der Waals surface area contributed by atoms with Gasteiger partial charge in [0.15, 0.2) is 0 Å². The lowest BCUT2D eigenvalue weighted by molar-refractivity contribution is -0.120. The van der Waals surface area contributed by atoms with E-state index in [1.165, 1.54) is 5.56 Å². The van der Waals surface area contributed by atoms with Gasteiger partial charge in [-0.3, -0.25) is 4.79 Å². The standard InChI is InChI=1S/C14H21N3O/c1-2-7-15-10-12-3-5-13(6-4-12)17-9-8-16-14(18)11-17/h3-6,15H,2,7-11H2,1H3,(H,16,18). The van der Waals surface area contributed by atoms with Gasteiger partial charge in [-0.1, -0.05) is 19.1 Å². The van der Waals surface area contributed by atoms with Gasteiger partial charge in [-0.2, -0.15) is 0 Å². The Morgan fingerprint density at radius 2 is 2.11 bits per heavy atom. The predicted octanol–water partition coefficient (Wildman–Crippen LogP) is 1.12. The molecule has 1 aliphatic heterocycles. The molecule has 2 rings (SSSR count). The van der Waals surface area contributed by atoms with Gasteiger partial charge >= 0.3 is 0 Å². The van der Waals surface area contributed by atoms with Crippen LogP contribution in [0.3, 0.4) is 0 Å².